The van der Waals surface area contributed by atoms with Crippen molar-refractivity contribution < 1.29 is 17.7 Å². The van der Waals surface area contributed by atoms with Gasteiger partial charge in [-0.05, 0) is 19.9 Å². The Bertz CT molecular complexity index is 940. The van der Waals surface area contributed by atoms with Crippen molar-refractivity contribution in [1.82, 2.24) is 29.1 Å². The number of hydrogen-bond donors (Lipinski definition) is 0. The first-order chi connectivity index (χ1) is 12.8. The standard InChI is InChI=1S/C16H22N6O4S/c1-3-27(24,25)22-8-13-7-20(14(23)9-21-6-4-5-17-21)10-16(13,11-22)15-18-12(2)19-26-15/h4-6,13H,3,7-11H2,1-2H3/t13-,16-/m0/s1. The minimum Gasteiger partial charge on any atom is -0.340 e. The van der Waals surface area contributed by atoms with Crippen LogP contribution in [0.25, 0.3) is 0 Å². The second kappa shape index (κ2) is 6.41. The maximum atomic E-state index is 12.7. The zero-order valence-corrected chi connectivity index (χ0v) is 16.1. The van der Waals surface area contributed by atoms with Gasteiger partial charge in [0.25, 0.3) is 0 Å². The number of carbonyl (C=O) groups excluding carboxylic acids is 1. The fraction of sp³-hybridized carbons (Fsp3) is 0.625. The van der Waals surface area contributed by atoms with Gasteiger partial charge in [-0.1, -0.05) is 5.16 Å². The van der Waals surface area contributed by atoms with Crippen LogP contribution in [0.5, 0.6) is 0 Å². The van der Waals surface area contributed by atoms with E-state index >= 15 is 0 Å². The van der Waals surface area contributed by atoms with Crippen molar-refractivity contribution in [3.8, 4) is 0 Å². The van der Waals surface area contributed by atoms with Crippen LogP contribution in [0.3, 0.4) is 0 Å². The Morgan fingerprint density at radius 3 is 2.81 bits per heavy atom. The molecule has 2 atom stereocenters. The summed E-state index contributed by atoms with van der Waals surface area (Å²) in [7, 11) is -3.33. The van der Waals surface area contributed by atoms with E-state index in [9.17, 15) is 13.2 Å². The average molecular weight is 394 g/mol. The molecule has 2 aromatic rings. The lowest BCUT2D eigenvalue weighted by molar-refractivity contribution is -0.131. The predicted octanol–water partition coefficient (Wildman–Crippen LogP) is -0.364. The highest BCUT2D eigenvalue weighted by Crippen LogP contribution is 2.45. The van der Waals surface area contributed by atoms with Crippen LogP contribution >= 0.6 is 0 Å². The van der Waals surface area contributed by atoms with Gasteiger partial charge in [-0.25, -0.2) is 12.7 Å². The molecular formula is C16H22N6O4S. The molecule has 1 amide bonds. The normalized spacial score (nSPS) is 25.9. The SMILES string of the molecule is CCS(=O)(=O)N1C[C@@H]2CN(C(=O)Cn3cccn3)C[C@]2(c2nc(C)no2)C1. The van der Waals surface area contributed by atoms with Gasteiger partial charge in [0, 0.05) is 44.5 Å². The number of likely N-dealkylation sites (tertiary alicyclic amines) is 1. The number of aryl methyl sites for hydroxylation is 1. The summed E-state index contributed by atoms with van der Waals surface area (Å²) in [6.45, 7) is 4.92. The highest BCUT2D eigenvalue weighted by molar-refractivity contribution is 7.89. The minimum absolute atomic E-state index is 0.0423. The Hall–Kier alpha value is -2.27. The van der Waals surface area contributed by atoms with E-state index in [1.165, 1.54) is 4.31 Å². The molecule has 0 aliphatic carbocycles. The van der Waals surface area contributed by atoms with Crippen molar-refractivity contribution in [3.05, 3.63) is 30.2 Å². The van der Waals surface area contributed by atoms with Crippen LogP contribution in [0.2, 0.25) is 0 Å². The summed E-state index contributed by atoms with van der Waals surface area (Å²) in [4.78, 5) is 18.9. The third-order valence-electron chi connectivity index (χ3n) is 5.50. The molecule has 0 unspecified atom stereocenters. The van der Waals surface area contributed by atoms with E-state index in [0.29, 0.717) is 31.3 Å². The molecule has 2 aromatic heterocycles. The van der Waals surface area contributed by atoms with E-state index in [1.807, 2.05) is 0 Å². The highest BCUT2D eigenvalue weighted by Gasteiger charge is 2.59. The van der Waals surface area contributed by atoms with Crippen LogP contribution in [0.1, 0.15) is 18.6 Å². The molecule has 2 fully saturated rings. The second-order valence-electron chi connectivity index (χ2n) is 7.17. The summed E-state index contributed by atoms with van der Waals surface area (Å²) < 4.78 is 33.3. The molecule has 0 saturated carbocycles. The fourth-order valence-corrected chi connectivity index (χ4v) is 5.24. The molecule has 10 nitrogen and oxygen atoms in total. The molecule has 11 heteroatoms. The molecular weight excluding hydrogens is 372 g/mol. The minimum atomic E-state index is -3.33. The summed E-state index contributed by atoms with van der Waals surface area (Å²) in [5, 5.41) is 7.96. The van der Waals surface area contributed by atoms with E-state index in [4.69, 9.17) is 4.52 Å². The summed E-state index contributed by atoms with van der Waals surface area (Å²) >= 11 is 0. The van der Waals surface area contributed by atoms with E-state index in [0.717, 1.165) is 0 Å². The zero-order valence-electron chi connectivity index (χ0n) is 15.3. The third-order valence-corrected chi connectivity index (χ3v) is 7.29. The number of sulfonamides is 1. The maximum Gasteiger partial charge on any atom is 0.244 e. The van der Waals surface area contributed by atoms with Crippen molar-refractivity contribution in [2.45, 2.75) is 25.8 Å². The molecule has 27 heavy (non-hydrogen) atoms. The molecule has 146 valence electrons. The number of nitrogens with zero attached hydrogens (tertiary/aromatic N) is 6. The fourth-order valence-electron chi connectivity index (χ4n) is 4.04. The molecule has 0 N–H and O–H groups in total. The maximum absolute atomic E-state index is 12.7. The molecule has 0 radical (unpaired) electrons. The number of carbonyl (C=O) groups is 1. The Labute approximate surface area is 157 Å². The lowest BCUT2D eigenvalue weighted by Gasteiger charge is -2.25. The van der Waals surface area contributed by atoms with Gasteiger partial charge >= 0.3 is 0 Å². The number of amides is 1. The van der Waals surface area contributed by atoms with Gasteiger partial charge in [0.1, 0.15) is 6.54 Å². The molecule has 0 aromatic carbocycles. The monoisotopic (exact) mass is 394 g/mol. The molecule has 4 rings (SSSR count). The van der Waals surface area contributed by atoms with Gasteiger partial charge in [-0.3, -0.25) is 9.48 Å². The van der Waals surface area contributed by atoms with Crippen molar-refractivity contribution in [3.63, 3.8) is 0 Å². The van der Waals surface area contributed by atoms with E-state index in [1.54, 1.807) is 41.9 Å². The van der Waals surface area contributed by atoms with Crippen LogP contribution < -0.4 is 0 Å². The summed E-state index contributed by atoms with van der Waals surface area (Å²) in [6, 6.07) is 1.77. The zero-order chi connectivity index (χ0) is 19.2. The van der Waals surface area contributed by atoms with Gasteiger partial charge in [0.2, 0.25) is 21.8 Å². The van der Waals surface area contributed by atoms with Crippen LogP contribution in [0, 0.1) is 12.8 Å². The molecule has 0 spiro atoms. The lowest BCUT2D eigenvalue weighted by atomic mass is 9.81. The van der Waals surface area contributed by atoms with Crippen LogP contribution in [0.4, 0.5) is 0 Å². The van der Waals surface area contributed by atoms with Gasteiger partial charge in [0.05, 0.1) is 11.2 Å². The smallest absolute Gasteiger partial charge is 0.244 e. The Morgan fingerprint density at radius 1 is 1.37 bits per heavy atom. The van der Waals surface area contributed by atoms with Gasteiger partial charge in [-0.2, -0.15) is 10.1 Å². The van der Waals surface area contributed by atoms with Crippen molar-refractivity contribution in [2.75, 3.05) is 31.9 Å². The summed E-state index contributed by atoms with van der Waals surface area (Å²) in [6.07, 6.45) is 3.36. The molecule has 2 aliphatic rings. The van der Waals surface area contributed by atoms with Crippen LogP contribution in [-0.2, 0) is 26.8 Å². The lowest BCUT2D eigenvalue weighted by Crippen LogP contribution is -2.42. The Balaban J connectivity index is 1.61. The topological polar surface area (TPSA) is 114 Å². The quantitative estimate of drug-likeness (QED) is 0.680. The van der Waals surface area contributed by atoms with Crippen molar-refractivity contribution >= 4 is 15.9 Å². The Morgan fingerprint density at radius 2 is 2.19 bits per heavy atom. The number of fused-ring (bicyclic) bond motifs is 1. The first-order valence-corrected chi connectivity index (χ1v) is 10.5. The second-order valence-corrected chi connectivity index (χ2v) is 9.43. The molecule has 2 aliphatic heterocycles. The van der Waals surface area contributed by atoms with Gasteiger partial charge in [0.15, 0.2) is 5.82 Å². The molecule has 0 bridgehead atoms. The Kier molecular flexibility index (Phi) is 4.30. The number of aromatic nitrogens is 4. The van der Waals surface area contributed by atoms with E-state index in [2.05, 4.69) is 15.2 Å². The molecule has 4 heterocycles. The van der Waals surface area contributed by atoms with E-state index in [-0.39, 0.29) is 30.7 Å². The van der Waals surface area contributed by atoms with E-state index < -0.39 is 15.4 Å². The predicted molar refractivity (Wildman–Crippen MR) is 94.0 cm³/mol. The van der Waals surface area contributed by atoms with Gasteiger partial charge in [-0.15, -0.1) is 0 Å². The van der Waals surface area contributed by atoms with Gasteiger partial charge < -0.3 is 9.42 Å². The molecule has 2 saturated heterocycles. The number of hydrogen-bond acceptors (Lipinski definition) is 7. The average Bonchev–Trinajstić information content (AvgIpc) is 3.36. The first kappa shape index (κ1) is 18.1. The summed E-state index contributed by atoms with van der Waals surface area (Å²) in [5.74, 6) is 0.805. The van der Waals surface area contributed by atoms with Crippen molar-refractivity contribution in [1.29, 1.82) is 0 Å². The number of rotatable bonds is 5. The largest absolute Gasteiger partial charge is 0.340 e. The third kappa shape index (κ3) is 3.04. The van der Waals surface area contributed by atoms with Crippen LogP contribution in [0.15, 0.2) is 23.0 Å². The first-order valence-electron chi connectivity index (χ1n) is 8.88. The summed E-state index contributed by atoms with van der Waals surface area (Å²) in [5.41, 5.74) is -0.663. The van der Waals surface area contributed by atoms with Crippen molar-refractivity contribution in [2.24, 2.45) is 5.92 Å². The highest BCUT2D eigenvalue weighted by atomic mass is 32.2. The van der Waals surface area contributed by atoms with Crippen LogP contribution in [-0.4, -0.2) is 75.4 Å².